The second-order valence-electron chi connectivity index (χ2n) is 6.50. The number of allylic oxidation sites excluding steroid dienone is 2. The van der Waals surface area contributed by atoms with Crippen molar-refractivity contribution < 1.29 is 13.6 Å². The van der Waals surface area contributed by atoms with Gasteiger partial charge in [0.25, 0.3) is 0 Å². The lowest BCUT2D eigenvalue weighted by atomic mass is 10.1. The Labute approximate surface area is 164 Å². The molecule has 4 aromatic carbocycles. The van der Waals surface area contributed by atoms with Gasteiger partial charge in [0.15, 0.2) is 0 Å². The first-order chi connectivity index (χ1) is 13.7. The first kappa shape index (κ1) is 18.3. The highest BCUT2D eigenvalue weighted by Gasteiger charge is 2.28. The number of benzene rings is 4. The fourth-order valence-corrected chi connectivity index (χ4v) is 4.75. The van der Waals surface area contributed by atoms with Gasteiger partial charge in [-0.25, -0.2) is 4.57 Å². The monoisotopic (exact) mass is 388 g/mol. The van der Waals surface area contributed by atoms with E-state index in [0.717, 1.165) is 21.5 Å². The largest absolute Gasteiger partial charge is 0.434 e. The van der Waals surface area contributed by atoms with Gasteiger partial charge in [-0.05, 0) is 29.8 Å². The molecule has 4 rings (SSSR count). The summed E-state index contributed by atoms with van der Waals surface area (Å²) in [7, 11) is -3.48. The number of hydrogen-bond acceptors (Lipinski definition) is 3. The zero-order valence-corrected chi connectivity index (χ0v) is 16.5. The molecular formula is C24H21O3P. The molecule has 0 unspecified atom stereocenters. The molecule has 0 heterocycles. The van der Waals surface area contributed by atoms with Crippen LogP contribution in [0.4, 0.5) is 0 Å². The second kappa shape index (κ2) is 7.92. The summed E-state index contributed by atoms with van der Waals surface area (Å²) < 4.78 is 25.8. The lowest BCUT2D eigenvalue weighted by Gasteiger charge is -2.21. The fraction of sp³-hybridized carbons (Fsp3) is 0.0833. The highest BCUT2D eigenvalue weighted by molar-refractivity contribution is 7.54. The van der Waals surface area contributed by atoms with Crippen LogP contribution in [0.15, 0.2) is 97.1 Å². The van der Waals surface area contributed by atoms with E-state index in [2.05, 4.69) is 0 Å². The third-order valence-corrected chi connectivity index (χ3v) is 6.15. The van der Waals surface area contributed by atoms with Crippen molar-refractivity contribution in [1.29, 1.82) is 0 Å². The van der Waals surface area contributed by atoms with Crippen LogP contribution in [0, 0.1) is 0 Å². The Bertz CT molecular complexity index is 1100. The Morgan fingerprint density at radius 1 is 0.714 bits per heavy atom. The summed E-state index contributed by atoms with van der Waals surface area (Å²) in [6, 6.07) is 27.2. The van der Waals surface area contributed by atoms with Crippen molar-refractivity contribution in [2.75, 3.05) is 6.16 Å². The van der Waals surface area contributed by atoms with Crippen LogP contribution in [0.2, 0.25) is 0 Å². The van der Waals surface area contributed by atoms with Gasteiger partial charge in [0.05, 0.1) is 6.16 Å². The SMILES string of the molecule is C/C=C/CP(=O)(Oc1cccc2ccccc12)Oc1cccc2ccccc12. The van der Waals surface area contributed by atoms with Crippen molar-refractivity contribution in [1.82, 2.24) is 0 Å². The van der Waals surface area contributed by atoms with Gasteiger partial charge in [-0.3, -0.25) is 0 Å². The maximum Gasteiger partial charge on any atom is 0.434 e. The zero-order chi connectivity index (χ0) is 19.4. The van der Waals surface area contributed by atoms with E-state index in [0.29, 0.717) is 11.5 Å². The van der Waals surface area contributed by atoms with Crippen LogP contribution >= 0.6 is 7.60 Å². The van der Waals surface area contributed by atoms with Crippen LogP contribution in [0.25, 0.3) is 21.5 Å². The summed E-state index contributed by atoms with van der Waals surface area (Å²) >= 11 is 0. The van der Waals surface area contributed by atoms with Crippen molar-refractivity contribution in [3.63, 3.8) is 0 Å². The van der Waals surface area contributed by atoms with Gasteiger partial charge in [-0.15, -0.1) is 0 Å². The molecule has 4 aromatic rings. The quantitative estimate of drug-likeness (QED) is 0.258. The van der Waals surface area contributed by atoms with Crippen LogP contribution in [0.5, 0.6) is 11.5 Å². The smallest absolute Gasteiger partial charge is 0.415 e. The van der Waals surface area contributed by atoms with E-state index in [1.54, 1.807) is 0 Å². The molecule has 0 aliphatic carbocycles. The van der Waals surface area contributed by atoms with Gasteiger partial charge in [0.2, 0.25) is 0 Å². The van der Waals surface area contributed by atoms with E-state index in [1.165, 1.54) is 0 Å². The van der Waals surface area contributed by atoms with E-state index in [4.69, 9.17) is 9.05 Å². The lowest BCUT2D eigenvalue weighted by Crippen LogP contribution is -2.04. The Hall–Kier alpha value is -3.03. The van der Waals surface area contributed by atoms with Crippen molar-refractivity contribution in [2.24, 2.45) is 0 Å². The molecule has 0 amide bonds. The van der Waals surface area contributed by atoms with Gasteiger partial charge in [-0.2, -0.15) is 0 Å². The fourth-order valence-electron chi connectivity index (χ4n) is 3.18. The normalized spacial score (nSPS) is 11.9. The molecule has 0 saturated heterocycles. The molecule has 0 aliphatic heterocycles. The Kier molecular flexibility index (Phi) is 5.18. The minimum absolute atomic E-state index is 0.190. The first-order valence-corrected chi connectivity index (χ1v) is 11.0. The summed E-state index contributed by atoms with van der Waals surface area (Å²) in [4.78, 5) is 0. The molecule has 0 bridgehead atoms. The molecule has 0 aromatic heterocycles. The molecule has 3 nitrogen and oxygen atoms in total. The van der Waals surface area contributed by atoms with Crippen LogP contribution in [0.1, 0.15) is 6.92 Å². The molecular weight excluding hydrogens is 367 g/mol. The van der Waals surface area contributed by atoms with Gasteiger partial charge in [0, 0.05) is 10.8 Å². The van der Waals surface area contributed by atoms with Gasteiger partial charge in [-0.1, -0.05) is 84.9 Å². The average Bonchev–Trinajstić information content (AvgIpc) is 2.73. The molecule has 4 heteroatoms. The molecule has 28 heavy (non-hydrogen) atoms. The molecule has 0 N–H and O–H groups in total. The van der Waals surface area contributed by atoms with Gasteiger partial charge in [0.1, 0.15) is 11.5 Å². The maximum absolute atomic E-state index is 13.7. The highest BCUT2D eigenvalue weighted by Crippen LogP contribution is 2.51. The molecule has 0 saturated carbocycles. The second-order valence-corrected chi connectivity index (χ2v) is 8.45. The van der Waals surface area contributed by atoms with Crippen molar-refractivity contribution in [3.8, 4) is 11.5 Å². The Balaban J connectivity index is 1.75. The molecule has 0 aliphatic rings. The third kappa shape index (κ3) is 3.81. The van der Waals surface area contributed by atoms with E-state index >= 15 is 0 Å². The van der Waals surface area contributed by atoms with Crippen molar-refractivity contribution in [2.45, 2.75) is 6.92 Å². The molecule has 0 atom stereocenters. The number of fused-ring (bicyclic) bond motifs is 2. The van der Waals surface area contributed by atoms with Crippen molar-refractivity contribution in [3.05, 3.63) is 97.1 Å². The van der Waals surface area contributed by atoms with Gasteiger partial charge >= 0.3 is 7.60 Å². The topological polar surface area (TPSA) is 35.5 Å². The summed E-state index contributed by atoms with van der Waals surface area (Å²) in [6.07, 6.45) is 3.86. The summed E-state index contributed by atoms with van der Waals surface area (Å²) in [6.45, 7) is 1.89. The number of hydrogen-bond donors (Lipinski definition) is 0. The summed E-state index contributed by atoms with van der Waals surface area (Å²) in [5.41, 5.74) is 0. The zero-order valence-electron chi connectivity index (χ0n) is 15.6. The predicted octanol–water partition coefficient (Wildman–Crippen LogP) is 7.22. The third-order valence-electron chi connectivity index (χ3n) is 4.54. The van der Waals surface area contributed by atoms with Crippen molar-refractivity contribution >= 4 is 29.1 Å². The van der Waals surface area contributed by atoms with Gasteiger partial charge < -0.3 is 9.05 Å². The Morgan fingerprint density at radius 2 is 1.18 bits per heavy atom. The minimum atomic E-state index is -3.48. The molecule has 0 radical (unpaired) electrons. The van der Waals surface area contributed by atoms with E-state index in [1.807, 2.05) is 104 Å². The molecule has 0 fully saturated rings. The average molecular weight is 388 g/mol. The lowest BCUT2D eigenvalue weighted by molar-refractivity contribution is 0.393. The minimum Gasteiger partial charge on any atom is -0.415 e. The maximum atomic E-state index is 13.7. The van der Waals surface area contributed by atoms with E-state index in [9.17, 15) is 4.57 Å². The van der Waals surface area contributed by atoms with E-state index in [-0.39, 0.29) is 6.16 Å². The summed E-state index contributed by atoms with van der Waals surface area (Å²) in [5, 5.41) is 3.88. The summed E-state index contributed by atoms with van der Waals surface area (Å²) in [5.74, 6) is 1.12. The Morgan fingerprint density at radius 3 is 1.68 bits per heavy atom. The predicted molar refractivity (Wildman–Crippen MR) is 116 cm³/mol. The van der Waals surface area contributed by atoms with Crippen LogP contribution < -0.4 is 9.05 Å². The highest BCUT2D eigenvalue weighted by atomic mass is 31.2. The first-order valence-electron chi connectivity index (χ1n) is 9.23. The standard InChI is InChI=1S/C24H21O3P/c1-2-3-18-28(25,26-23-16-8-12-19-10-4-6-14-21(19)23)27-24-17-9-13-20-11-5-7-15-22(20)24/h2-17H,18H2,1H3/b3-2+. The van der Waals surface area contributed by atoms with Crippen LogP contribution in [-0.2, 0) is 4.57 Å². The number of rotatable bonds is 6. The molecule has 140 valence electrons. The van der Waals surface area contributed by atoms with Crippen LogP contribution in [0.3, 0.4) is 0 Å². The van der Waals surface area contributed by atoms with Crippen LogP contribution in [-0.4, -0.2) is 6.16 Å². The molecule has 0 spiro atoms. The van der Waals surface area contributed by atoms with E-state index < -0.39 is 7.60 Å².